The molecule has 1 amide bonds. The van der Waals surface area contributed by atoms with Crippen LogP contribution < -0.4 is 0 Å². The van der Waals surface area contributed by atoms with Crippen molar-refractivity contribution in [3.8, 4) is 0 Å². The first kappa shape index (κ1) is 12.0. The Morgan fingerprint density at radius 1 is 1.41 bits per heavy atom. The lowest BCUT2D eigenvalue weighted by Gasteiger charge is -2.33. The lowest BCUT2D eigenvalue weighted by atomic mass is 9.86. The standard InChI is InChI=1S/C13H19N3O/c1-10(2)11-5-8-16(9-6-11)13(17)12-4-3-7-14-15-12/h3-4,7,10-11H,5-6,8-9H2,1-2H3. The zero-order chi connectivity index (χ0) is 12.3. The number of amides is 1. The Morgan fingerprint density at radius 2 is 2.12 bits per heavy atom. The van der Waals surface area contributed by atoms with Crippen LogP contribution in [0.25, 0.3) is 0 Å². The van der Waals surface area contributed by atoms with Crippen molar-refractivity contribution in [1.29, 1.82) is 0 Å². The molecule has 0 radical (unpaired) electrons. The van der Waals surface area contributed by atoms with E-state index >= 15 is 0 Å². The predicted octanol–water partition coefficient (Wildman–Crippen LogP) is 1.98. The highest BCUT2D eigenvalue weighted by atomic mass is 16.2. The van der Waals surface area contributed by atoms with Crippen LogP contribution in [0.1, 0.15) is 37.2 Å². The van der Waals surface area contributed by atoms with Crippen LogP contribution in [0.3, 0.4) is 0 Å². The molecule has 1 fully saturated rings. The summed E-state index contributed by atoms with van der Waals surface area (Å²) in [6, 6.07) is 3.48. The summed E-state index contributed by atoms with van der Waals surface area (Å²) >= 11 is 0. The molecule has 0 aliphatic carbocycles. The third-order valence-electron chi connectivity index (χ3n) is 3.56. The molecule has 2 heterocycles. The number of piperidine rings is 1. The summed E-state index contributed by atoms with van der Waals surface area (Å²) < 4.78 is 0. The number of likely N-dealkylation sites (tertiary alicyclic amines) is 1. The minimum Gasteiger partial charge on any atom is -0.337 e. The highest BCUT2D eigenvalue weighted by Crippen LogP contribution is 2.24. The van der Waals surface area contributed by atoms with Gasteiger partial charge in [-0.05, 0) is 36.8 Å². The van der Waals surface area contributed by atoms with Gasteiger partial charge in [-0.1, -0.05) is 13.8 Å². The van der Waals surface area contributed by atoms with Gasteiger partial charge in [-0.2, -0.15) is 5.10 Å². The fourth-order valence-corrected chi connectivity index (χ4v) is 2.35. The molecular formula is C13H19N3O. The topological polar surface area (TPSA) is 46.1 Å². The van der Waals surface area contributed by atoms with Crippen molar-refractivity contribution in [3.63, 3.8) is 0 Å². The van der Waals surface area contributed by atoms with E-state index in [0.29, 0.717) is 11.6 Å². The molecule has 0 unspecified atom stereocenters. The molecular weight excluding hydrogens is 214 g/mol. The van der Waals surface area contributed by atoms with Crippen LogP contribution in [-0.4, -0.2) is 34.1 Å². The van der Waals surface area contributed by atoms with Crippen molar-refractivity contribution >= 4 is 5.91 Å². The van der Waals surface area contributed by atoms with Crippen LogP contribution in [0.15, 0.2) is 18.3 Å². The molecule has 0 spiro atoms. The van der Waals surface area contributed by atoms with Gasteiger partial charge in [-0.3, -0.25) is 4.79 Å². The average molecular weight is 233 g/mol. The highest BCUT2D eigenvalue weighted by molar-refractivity contribution is 5.92. The van der Waals surface area contributed by atoms with Crippen molar-refractivity contribution in [2.75, 3.05) is 13.1 Å². The first-order chi connectivity index (χ1) is 8.18. The number of aromatic nitrogens is 2. The largest absolute Gasteiger partial charge is 0.337 e. The maximum atomic E-state index is 12.1. The van der Waals surface area contributed by atoms with Gasteiger partial charge < -0.3 is 4.90 Å². The molecule has 0 bridgehead atoms. The third kappa shape index (κ3) is 2.81. The molecule has 4 heteroatoms. The zero-order valence-corrected chi connectivity index (χ0v) is 10.5. The number of hydrogen-bond donors (Lipinski definition) is 0. The Bertz CT molecular complexity index is 370. The molecule has 1 aliphatic rings. The predicted molar refractivity (Wildman–Crippen MR) is 65.5 cm³/mol. The van der Waals surface area contributed by atoms with E-state index in [0.717, 1.165) is 31.8 Å². The Hall–Kier alpha value is -1.45. The van der Waals surface area contributed by atoms with Crippen LogP contribution in [0.4, 0.5) is 0 Å². The van der Waals surface area contributed by atoms with Crippen molar-refractivity contribution in [1.82, 2.24) is 15.1 Å². The maximum absolute atomic E-state index is 12.1. The first-order valence-electron chi connectivity index (χ1n) is 6.25. The van der Waals surface area contributed by atoms with E-state index in [4.69, 9.17) is 0 Å². The summed E-state index contributed by atoms with van der Waals surface area (Å²) in [6.07, 6.45) is 3.79. The number of rotatable bonds is 2. The fourth-order valence-electron chi connectivity index (χ4n) is 2.35. The van der Waals surface area contributed by atoms with Crippen molar-refractivity contribution in [2.45, 2.75) is 26.7 Å². The number of carbonyl (C=O) groups excluding carboxylic acids is 1. The molecule has 1 aromatic heterocycles. The van der Waals surface area contributed by atoms with Gasteiger partial charge in [-0.15, -0.1) is 5.10 Å². The van der Waals surface area contributed by atoms with Crippen LogP contribution >= 0.6 is 0 Å². The van der Waals surface area contributed by atoms with Crippen molar-refractivity contribution in [2.24, 2.45) is 11.8 Å². The Morgan fingerprint density at radius 3 is 2.65 bits per heavy atom. The zero-order valence-electron chi connectivity index (χ0n) is 10.5. The summed E-state index contributed by atoms with van der Waals surface area (Å²) in [5, 5.41) is 7.61. The lowest BCUT2D eigenvalue weighted by molar-refractivity contribution is 0.0660. The molecule has 1 aliphatic heterocycles. The fraction of sp³-hybridized carbons (Fsp3) is 0.615. The summed E-state index contributed by atoms with van der Waals surface area (Å²) in [5.41, 5.74) is 0.454. The summed E-state index contributed by atoms with van der Waals surface area (Å²) in [7, 11) is 0. The second-order valence-corrected chi connectivity index (χ2v) is 4.98. The molecule has 4 nitrogen and oxygen atoms in total. The SMILES string of the molecule is CC(C)C1CCN(C(=O)c2cccnn2)CC1. The summed E-state index contributed by atoms with van der Waals surface area (Å²) in [5.74, 6) is 1.48. The van der Waals surface area contributed by atoms with Gasteiger partial charge in [0.25, 0.3) is 5.91 Å². The van der Waals surface area contributed by atoms with Gasteiger partial charge in [0.2, 0.25) is 0 Å². The lowest BCUT2D eigenvalue weighted by Crippen LogP contribution is -2.39. The van der Waals surface area contributed by atoms with E-state index < -0.39 is 0 Å². The molecule has 0 atom stereocenters. The van der Waals surface area contributed by atoms with Gasteiger partial charge in [0.1, 0.15) is 0 Å². The minimum atomic E-state index is 0.0142. The van der Waals surface area contributed by atoms with Crippen LogP contribution in [0.2, 0.25) is 0 Å². The highest BCUT2D eigenvalue weighted by Gasteiger charge is 2.25. The first-order valence-corrected chi connectivity index (χ1v) is 6.25. The van der Waals surface area contributed by atoms with E-state index in [-0.39, 0.29) is 5.91 Å². The molecule has 1 aromatic rings. The molecule has 92 valence electrons. The molecule has 0 saturated carbocycles. The Labute approximate surface area is 102 Å². The summed E-state index contributed by atoms with van der Waals surface area (Å²) in [4.78, 5) is 14.0. The average Bonchev–Trinajstić information content (AvgIpc) is 2.39. The smallest absolute Gasteiger partial charge is 0.274 e. The van der Waals surface area contributed by atoms with E-state index in [9.17, 15) is 4.79 Å². The van der Waals surface area contributed by atoms with Gasteiger partial charge >= 0.3 is 0 Å². The van der Waals surface area contributed by atoms with E-state index in [1.165, 1.54) is 0 Å². The van der Waals surface area contributed by atoms with Crippen molar-refractivity contribution < 1.29 is 4.79 Å². The maximum Gasteiger partial charge on any atom is 0.274 e. The summed E-state index contributed by atoms with van der Waals surface area (Å²) in [6.45, 7) is 6.20. The molecule has 1 saturated heterocycles. The number of carbonyl (C=O) groups is 1. The molecule has 17 heavy (non-hydrogen) atoms. The van der Waals surface area contributed by atoms with Crippen molar-refractivity contribution in [3.05, 3.63) is 24.0 Å². The van der Waals surface area contributed by atoms with E-state index in [1.54, 1.807) is 18.3 Å². The van der Waals surface area contributed by atoms with E-state index in [2.05, 4.69) is 24.0 Å². The second kappa shape index (κ2) is 5.25. The van der Waals surface area contributed by atoms with Crippen LogP contribution in [0.5, 0.6) is 0 Å². The molecule has 2 rings (SSSR count). The van der Waals surface area contributed by atoms with Gasteiger partial charge in [-0.25, -0.2) is 0 Å². The Kier molecular flexibility index (Phi) is 3.71. The minimum absolute atomic E-state index is 0.0142. The van der Waals surface area contributed by atoms with Gasteiger partial charge in [0, 0.05) is 19.3 Å². The monoisotopic (exact) mass is 233 g/mol. The third-order valence-corrected chi connectivity index (χ3v) is 3.56. The number of hydrogen-bond acceptors (Lipinski definition) is 3. The molecule has 0 N–H and O–H groups in total. The quantitative estimate of drug-likeness (QED) is 0.784. The van der Waals surface area contributed by atoms with Gasteiger partial charge in [0.05, 0.1) is 0 Å². The van der Waals surface area contributed by atoms with Crippen LogP contribution in [0, 0.1) is 11.8 Å². The normalized spacial score (nSPS) is 17.5. The van der Waals surface area contributed by atoms with E-state index in [1.807, 2.05) is 4.90 Å². The van der Waals surface area contributed by atoms with Crippen LogP contribution in [-0.2, 0) is 0 Å². The van der Waals surface area contributed by atoms with Gasteiger partial charge in [0.15, 0.2) is 5.69 Å². The molecule has 0 aromatic carbocycles. The second-order valence-electron chi connectivity index (χ2n) is 4.98. The number of nitrogens with zero attached hydrogens (tertiary/aromatic N) is 3. The Balaban J connectivity index is 1.95.